The number of hydrogen-bond acceptors (Lipinski definition) is 3. The summed E-state index contributed by atoms with van der Waals surface area (Å²) in [7, 11) is 0. The van der Waals surface area contributed by atoms with Crippen molar-refractivity contribution in [3.8, 4) is 0 Å². The van der Waals surface area contributed by atoms with Gasteiger partial charge in [-0.25, -0.2) is 0 Å². The van der Waals surface area contributed by atoms with E-state index in [2.05, 4.69) is 45.6 Å². The fourth-order valence-corrected chi connectivity index (χ4v) is 3.91. The van der Waals surface area contributed by atoms with Gasteiger partial charge in [-0.1, -0.05) is 35.2 Å². The summed E-state index contributed by atoms with van der Waals surface area (Å²) in [6, 6.07) is 8.94. The molecule has 1 fully saturated rings. The minimum atomic E-state index is 0.443. The molecule has 0 amide bonds. The van der Waals surface area contributed by atoms with Crippen molar-refractivity contribution in [1.29, 1.82) is 0 Å². The van der Waals surface area contributed by atoms with Crippen molar-refractivity contribution < 1.29 is 0 Å². The fraction of sp³-hybridized carbons (Fsp3) is 0.571. The van der Waals surface area contributed by atoms with Crippen LogP contribution >= 0.6 is 27.7 Å². The third kappa shape index (κ3) is 4.26. The molecule has 0 radical (unpaired) electrons. The number of nitrogens with one attached hydrogen (secondary N) is 1. The number of nitrogens with two attached hydrogens (primary N) is 1. The number of thioether (sulfide) groups is 1. The van der Waals surface area contributed by atoms with Gasteiger partial charge in [-0.2, -0.15) is 0 Å². The molecule has 2 nitrogen and oxygen atoms in total. The molecule has 1 aliphatic carbocycles. The predicted octanol–water partition coefficient (Wildman–Crippen LogP) is 3.95. The summed E-state index contributed by atoms with van der Waals surface area (Å²) >= 11 is 5.35. The smallest absolute Gasteiger partial charge is 0.0332 e. The highest BCUT2D eigenvalue weighted by atomic mass is 79.9. The Bertz CT molecular complexity index is 349. The molecule has 1 aliphatic rings. The highest BCUT2D eigenvalue weighted by Crippen LogP contribution is 2.29. The van der Waals surface area contributed by atoms with Gasteiger partial charge in [0.1, 0.15) is 0 Å². The summed E-state index contributed by atoms with van der Waals surface area (Å²) in [5.74, 6) is 7.54. The second-order valence-electron chi connectivity index (χ2n) is 4.94. The summed E-state index contributed by atoms with van der Waals surface area (Å²) < 4.78 is 1.13. The van der Waals surface area contributed by atoms with Gasteiger partial charge < -0.3 is 0 Å². The molecule has 2 rings (SSSR count). The van der Waals surface area contributed by atoms with Crippen LogP contribution in [0.25, 0.3) is 0 Å². The van der Waals surface area contributed by atoms with Crippen LogP contribution in [0.3, 0.4) is 0 Å². The van der Waals surface area contributed by atoms with Gasteiger partial charge in [0, 0.05) is 21.2 Å². The standard InChI is InChI=1S/C14H21BrN2S/c15-12-6-8-13(9-7-12)18-10-14(17-16)11-4-2-1-3-5-11/h6-9,11,14,17H,1-5,10,16H2. The van der Waals surface area contributed by atoms with Gasteiger partial charge in [0.15, 0.2) is 0 Å². The first-order valence-corrected chi connectivity index (χ1v) is 8.42. The number of hydrazine groups is 1. The van der Waals surface area contributed by atoms with Crippen LogP contribution in [0.4, 0.5) is 0 Å². The van der Waals surface area contributed by atoms with Crippen LogP contribution in [0.1, 0.15) is 32.1 Å². The number of benzene rings is 1. The van der Waals surface area contributed by atoms with Gasteiger partial charge in [0.05, 0.1) is 0 Å². The van der Waals surface area contributed by atoms with Crippen LogP contribution < -0.4 is 11.3 Å². The van der Waals surface area contributed by atoms with Crippen LogP contribution in [0.5, 0.6) is 0 Å². The molecule has 3 N–H and O–H groups in total. The Labute approximate surface area is 122 Å². The number of halogens is 1. The third-order valence-corrected chi connectivity index (χ3v) is 5.34. The van der Waals surface area contributed by atoms with Crippen LogP contribution in [0.15, 0.2) is 33.6 Å². The number of rotatable bonds is 5. The minimum Gasteiger partial charge on any atom is -0.271 e. The third-order valence-electron chi connectivity index (χ3n) is 3.68. The molecule has 1 aromatic rings. The fourth-order valence-electron chi connectivity index (χ4n) is 2.57. The highest BCUT2D eigenvalue weighted by molar-refractivity contribution is 9.10. The normalized spacial score (nSPS) is 18.8. The van der Waals surface area contributed by atoms with Crippen LogP contribution in [0.2, 0.25) is 0 Å². The van der Waals surface area contributed by atoms with E-state index in [4.69, 9.17) is 5.84 Å². The lowest BCUT2D eigenvalue weighted by atomic mass is 9.85. The van der Waals surface area contributed by atoms with Crippen molar-refractivity contribution >= 4 is 27.7 Å². The van der Waals surface area contributed by atoms with E-state index >= 15 is 0 Å². The monoisotopic (exact) mass is 328 g/mol. The highest BCUT2D eigenvalue weighted by Gasteiger charge is 2.22. The zero-order valence-electron chi connectivity index (χ0n) is 10.6. The molecular formula is C14H21BrN2S. The topological polar surface area (TPSA) is 38.0 Å². The van der Waals surface area contributed by atoms with E-state index in [-0.39, 0.29) is 0 Å². The van der Waals surface area contributed by atoms with Crippen molar-refractivity contribution in [1.82, 2.24) is 5.43 Å². The quantitative estimate of drug-likeness (QED) is 0.488. The SMILES string of the molecule is NNC(CSc1ccc(Br)cc1)C1CCCCC1. The van der Waals surface area contributed by atoms with Crippen LogP contribution in [-0.2, 0) is 0 Å². The Hall–Kier alpha value is -0.0300. The first-order valence-electron chi connectivity index (χ1n) is 6.64. The molecule has 4 heteroatoms. The number of hydrogen-bond donors (Lipinski definition) is 2. The van der Waals surface area contributed by atoms with Gasteiger partial charge in [-0.3, -0.25) is 11.3 Å². The summed E-state index contributed by atoms with van der Waals surface area (Å²) in [6.07, 6.45) is 6.79. The van der Waals surface area contributed by atoms with Gasteiger partial charge >= 0.3 is 0 Å². The molecule has 18 heavy (non-hydrogen) atoms. The zero-order chi connectivity index (χ0) is 12.8. The van der Waals surface area contributed by atoms with Crippen molar-refractivity contribution in [2.75, 3.05) is 5.75 Å². The summed E-state index contributed by atoms with van der Waals surface area (Å²) in [4.78, 5) is 1.31. The van der Waals surface area contributed by atoms with Crippen molar-refractivity contribution in [2.45, 2.75) is 43.0 Å². The molecule has 0 bridgehead atoms. The summed E-state index contributed by atoms with van der Waals surface area (Å²) in [6.45, 7) is 0. The van der Waals surface area contributed by atoms with Gasteiger partial charge in [0.2, 0.25) is 0 Å². The Kier molecular flexibility index (Phi) is 6.02. The first-order chi connectivity index (χ1) is 8.79. The molecule has 0 spiro atoms. The Balaban J connectivity index is 1.84. The van der Waals surface area contributed by atoms with Crippen molar-refractivity contribution in [3.05, 3.63) is 28.7 Å². The molecule has 1 aromatic carbocycles. The van der Waals surface area contributed by atoms with Crippen molar-refractivity contribution in [2.24, 2.45) is 11.8 Å². The molecule has 0 aromatic heterocycles. The van der Waals surface area contributed by atoms with E-state index in [1.165, 1.54) is 37.0 Å². The van der Waals surface area contributed by atoms with E-state index in [1.807, 2.05) is 11.8 Å². The molecule has 1 atom stereocenters. The summed E-state index contributed by atoms with van der Waals surface area (Å²) in [5.41, 5.74) is 3.02. The second kappa shape index (κ2) is 7.53. The predicted molar refractivity (Wildman–Crippen MR) is 82.6 cm³/mol. The second-order valence-corrected chi connectivity index (χ2v) is 6.95. The lowest BCUT2D eigenvalue weighted by molar-refractivity contribution is 0.287. The molecule has 0 heterocycles. The Morgan fingerprint density at radius 3 is 2.50 bits per heavy atom. The molecular weight excluding hydrogens is 308 g/mol. The lowest BCUT2D eigenvalue weighted by Crippen LogP contribution is -2.43. The van der Waals surface area contributed by atoms with E-state index in [1.54, 1.807) is 0 Å². The first kappa shape index (κ1) is 14.4. The molecule has 1 saturated carbocycles. The average Bonchev–Trinajstić information content (AvgIpc) is 2.43. The zero-order valence-corrected chi connectivity index (χ0v) is 13.0. The van der Waals surface area contributed by atoms with E-state index in [0.717, 1.165) is 16.1 Å². The van der Waals surface area contributed by atoms with Crippen LogP contribution in [0, 0.1) is 5.92 Å². The van der Waals surface area contributed by atoms with Gasteiger partial charge in [-0.05, 0) is 43.0 Å². The lowest BCUT2D eigenvalue weighted by Gasteiger charge is -2.29. The maximum Gasteiger partial charge on any atom is 0.0332 e. The minimum absolute atomic E-state index is 0.443. The Morgan fingerprint density at radius 1 is 1.22 bits per heavy atom. The maximum atomic E-state index is 5.72. The van der Waals surface area contributed by atoms with Crippen LogP contribution in [-0.4, -0.2) is 11.8 Å². The summed E-state index contributed by atoms with van der Waals surface area (Å²) in [5, 5.41) is 0. The molecule has 1 unspecified atom stereocenters. The largest absolute Gasteiger partial charge is 0.271 e. The molecule has 0 aliphatic heterocycles. The van der Waals surface area contributed by atoms with E-state index in [9.17, 15) is 0 Å². The maximum absolute atomic E-state index is 5.72. The molecule has 0 saturated heterocycles. The van der Waals surface area contributed by atoms with Crippen molar-refractivity contribution in [3.63, 3.8) is 0 Å². The van der Waals surface area contributed by atoms with E-state index < -0.39 is 0 Å². The van der Waals surface area contributed by atoms with Gasteiger partial charge in [-0.15, -0.1) is 11.8 Å². The van der Waals surface area contributed by atoms with Gasteiger partial charge in [0.25, 0.3) is 0 Å². The van der Waals surface area contributed by atoms with E-state index in [0.29, 0.717) is 6.04 Å². The average molecular weight is 329 g/mol. The Morgan fingerprint density at radius 2 is 1.89 bits per heavy atom. The molecule has 100 valence electrons.